The maximum atomic E-state index is 10.7. The van der Waals surface area contributed by atoms with Crippen LogP contribution in [0.15, 0.2) is 48.6 Å². The quantitative estimate of drug-likeness (QED) is 0.481. The van der Waals surface area contributed by atoms with Crippen LogP contribution in [0.2, 0.25) is 0 Å². The average Bonchev–Trinajstić information content (AvgIpc) is 2.12. The molecule has 0 heterocycles. The Morgan fingerprint density at radius 2 is 0.857 bits per heavy atom. The summed E-state index contributed by atoms with van der Waals surface area (Å²) in [5.74, 6) is -1.46. The Morgan fingerprint density at radius 3 is 1.00 bits per heavy atom. The fourth-order valence-electron chi connectivity index (χ4n) is 0.662. The van der Waals surface area contributed by atoms with Gasteiger partial charge in [0, 0.05) is 11.1 Å². The molecule has 0 radical (unpaired) electrons. The molecule has 14 heavy (non-hydrogen) atoms. The van der Waals surface area contributed by atoms with E-state index < -0.39 is 11.8 Å². The van der Waals surface area contributed by atoms with Gasteiger partial charge in [-0.3, -0.25) is 9.59 Å². The van der Waals surface area contributed by atoms with Gasteiger partial charge in [-0.2, -0.15) is 0 Å². The molecule has 4 N–H and O–H groups in total. The topological polar surface area (TPSA) is 86.2 Å². The van der Waals surface area contributed by atoms with Gasteiger partial charge in [-0.15, -0.1) is 0 Å². The zero-order chi connectivity index (χ0) is 11.5. The molecule has 0 bridgehead atoms. The van der Waals surface area contributed by atoms with Gasteiger partial charge < -0.3 is 11.5 Å². The lowest BCUT2D eigenvalue weighted by Gasteiger charge is -2.09. The van der Waals surface area contributed by atoms with Crippen LogP contribution in [0.4, 0.5) is 0 Å². The smallest absolute Gasteiger partial charge is 0.248 e. The van der Waals surface area contributed by atoms with Crippen LogP contribution in [0.1, 0.15) is 0 Å². The van der Waals surface area contributed by atoms with Crippen LogP contribution in [0.5, 0.6) is 0 Å². The van der Waals surface area contributed by atoms with E-state index in [0.29, 0.717) is 0 Å². The maximum Gasteiger partial charge on any atom is 0.248 e. The Kier molecular flexibility index (Phi) is 3.59. The molecule has 0 aromatic rings. The molecule has 0 unspecified atom stereocenters. The lowest BCUT2D eigenvalue weighted by atomic mass is 9.96. The van der Waals surface area contributed by atoms with E-state index in [-0.39, 0.29) is 22.3 Å². The second-order valence-electron chi connectivity index (χ2n) is 2.64. The third kappa shape index (κ3) is 2.45. The number of amides is 2. The first-order valence-corrected chi connectivity index (χ1v) is 3.65. The maximum absolute atomic E-state index is 10.7. The SMILES string of the molecule is C=C(C(=C)C(=C)C(N)=O)C(=C)C(N)=O. The summed E-state index contributed by atoms with van der Waals surface area (Å²) in [4.78, 5) is 21.4. The summed E-state index contributed by atoms with van der Waals surface area (Å²) < 4.78 is 0. The predicted octanol–water partition coefficient (Wildman–Crippen LogP) is 0.182. The van der Waals surface area contributed by atoms with Crippen molar-refractivity contribution in [2.75, 3.05) is 0 Å². The first-order chi connectivity index (χ1) is 6.29. The Balaban J connectivity index is 4.82. The van der Waals surface area contributed by atoms with Crippen molar-refractivity contribution in [3.05, 3.63) is 48.6 Å². The molecule has 0 atom stereocenters. The number of nitrogens with two attached hydrogens (primary N) is 2. The van der Waals surface area contributed by atoms with Gasteiger partial charge >= 0.3 is 0 Å². The minimum absolute atomic E-state index is 0.0163. The molecule has 0 saturated carbocycles. The van der Waals surface area contributed by atoms with Crippen LogP contribution in [0.25, 0.3) is 0 Å². The Hall–Kier alpha value is -2.10. The number of hydrogen-bond acceptors (Lipinski definition) is 2. The Labute approximate surface area is 82.3 Å². The van der Waals surface area contributed by atoms with Crippen LogP contribution in [-0.2, 0) is 9.59 Å². The molecule has 0 aromatic heterocycles. The molecular weight excluding hydrogens is 180 g/mol. The number of primary amides is 2. The van der Waals surface area contributed by atoms with E-state index in [4.69, 9.17) is 11.5 Å². The molecule has 0 fully saturated rings. The molecule has 2 amide bonds. The van der Waals surface area contributed by atoms with Gasteiger partial charge in [0.2, 0.25) is 11.8 Å². The minimum atomic E-state index is -0.728. The van der Waals surface area contributed by atoms with Crippen molar-refractivity contribution in [3.63, 3.8) is 0 Å². The summed E-state index contributed by atoms with van der Waals surface area (Å²) in [6.45, 7) is 13.8. The molecule has 0 aromatic carbocycles. The van der Waals surface area contributed by atoms with Crippen molar-refractivity contribution in [2.24, 2.45) is 11.5 Å². The van der Waals surface area contributed by atoms with Crippen molar-refractivity contribution in [1.82, 2.24) is 0 Å². The lowest BCUT2D eigenvalue weighted by Crippen LogP contribution is -2.19. The fourth-order valence-corrected chi connectivity index (χ4v) is 0.662. The molecule has 4 heteroatoms. The van der Waals surface area contributed by atoms with Crippen LogP contribution < -0.4 is 11.5 Å². The van der Waals surface area contributed by atoms with Crippen LogP contribution in [-0.4, -0.2) is 11.8 Å². The standard InChI is InChI=1S/C10H12N2O2/c1-5(7(3)9(11)13)6(2)8(4)10(12)14/h1-4H2,(H2,11,13)(H2,12,14). The van der Waals surface area contributed by atoms with E-state index in [1.165, 1.54) is 0 Å². The van der Waals surface area contributed by atoms with Crippen molar-refractivity contribution in [1.29, 1.82) is 0 Å². The monoisotopic (exact) mass is 192 g/mol. The molecule has 0 spiro atoms. The molecule has 0 aliphatic carbocycles. The summed E-state index contributed by atoms with van der Waals surface area (Å²) in [6.07, 6.45) is 0. The largest absolute Gasteiger partial charge is 0.366 e. The van der Waals surface area contributed by atoms with E-state index >= 15 is 0 Å². The molecule has 0 rings (SSSR count). The number of hydrogen-bond donors (Lipinski definition) is 2. The zero-order valence-electron chi connectivity index (χ0n) is 7.80. The third-order valence-corrected chi connectivity index (χ3v) is 1.69. The summed E-state index contributed by atoms with van der Waals surface area (Å²) in [6, 6.07) is 0. The van der Waals surface area contributed by atoms with Crippen molar-refractivity contribution in [3.8, 4) is 0 Å². The molecule has 4 nitrogen and oxygen atoms in total. The second kappa shape index (κ2) is 4.23. The van der Waals surface area contributed by atoms with Gasteiger partial charge in [0.25, 0.3) is 0 Å². The highest BCUT2D eigenvalue weighted by atomic mass is 16.1. The van der Waals surface area contributed by atoms with E-state index in [9.17, 15) is 9.59 Å². The summed E-state index contributed by atoms with van der Waals surface area (Å²) >= 11 is 0. The zero-order valence-corrected chi connectivity index (χ0v) is 7.80. The van der Waals surface area contributed by atoms with Crippen molar-refractivity contribution in [2.45, 2.75) is 0 Å². The molecule has 74 valence electrons. The third-order valence-electron chi connectivity index (χ3n) is 1.69. The van der Waals surface area contributed by atoms with E-state index in [2.05, 4.69) is 26.3 Å². The van der Waals surface area contributed by atoms with E-state index in [0.717, 1.165) is 0 Å². The lowest BCUT2D eigenvalue weighted by molar-refractivity contribution is -0.115. The Bertz CT molecular complexity index is 328. The fraction of sp³-hybridized carbons (Fsp3) is 0. The predicted molar refractivity (Wildman–Crippen MR) is 54.9 cm³/mol. The van der Waals surface area contributed by atoms with Gasteiger partial charge in [0.15, 0.2) is 0 Å². The first kappa shape index (κ1) is 11.9. The highest BCUT2D eigenvalue weighted by Crippen LogP contribution is 2.19. The van der Waals surface area contributed by atoms with Crippen LogP contribution in [0.3, 0.4) is 0 Å². The second-order valence-corrected chi connectivity index (χ2v) is 2.64. The van der Waals surface area contributed by atoms with Crippen LogP contribution in [0, 0.1) is 0 Å². The Morgan fingerprint density at radius 1 is 0.643 bits per heavy atom. The average molecular weight is 192 g/mol. The number of rotatable bonds is 5. The van der Waals surface area contributed by atoms with Crippen molar-refractivity contribution < 1.29 is 9.59 Å². The molecular formula is C10H12N2O2. The first-order valence-electron chi connectivity index (χ1n) is 3.65. The summed E-state index contributed by atoms with van der Waals surface area (Å²) in [7, 11) is 0. The summed E-state index contributed by atoms with van der Waals surface area (Å²) in [5.41, 5.74) is 10.2. The van der Waals surface area contributed by atoms with E-state index in [1.54, 1.807) is 0 Å². The van der Waals surface area contributed by atoms with Gasteiger partial charge in [0.1, 0.15) is 0 Å². The number of carbonyl (C=O) groups is 2. The van der Waals surface area contributed by atoms with Gasteiger partial charge in [0.05, 0.1) is 0 Å². The molecule has 0 aliphatic heterocycles. The summed E-state index contributed by atoms with van der Waals surface area (Å²) in [5, 5.41) is 0. The van der Waals surface area contributed by atoms with Gasteiger partial charge in [-0.05, 0) is 11.1 Å². The molecule has 0 saturated heterocycles. The normalized spacial score (nSPS) is 8.86. The minimum Gasteiger partial charge on any atom is -0.366 e. The highest BCUT2D eigenvalue weighted by molar-refractivity contribution is 6.02. The highest BCUT2D eigenvalue weighted by Gasteiger charge is 2.14. The van der Waals surface area contributed by atoms with Gasteiger partial charge in [-0.1, -0.05) is 26.3 Å². The van der Waals surface area contributed by atoms with E-state index in [1.807, 2.05) is 0 Å². The van der Waals surface area contributed by atoms with Crippen LogP contribution >= 0.6 is 0 Å². The van der Waals surface area contributed by atoms with Crippen molar-refractivity contribution >= 4 is 11.8 Å². The molecule has 0 aliphatic rings. The number of carbonyl (C=O) groups excluding carboxylic acids is 2. The van der Waals surface area contributed by atoms with Gasteiger partial charge in [-0.25, -0.2) is 0 Å².